The molecule has 4 N–H and O–H groups in total. The molecule has 0 fully saturated rings. The van der Waals surface area contributed by atoms with E-state index in [1.54, 1.807) is 0 Å². The third-order valence-electron chi connectivity index (χ3n) is 2.65. The van der Waals surface area contributed by atoms with E-state index in [1.807, 2.05) is 32.8 Å². The van der Waals surface area contributed by atoms with Crippen molar-refractivity contribution in [2.45, 2.75) is 26.3 Å². The Morgan fingerprint density at radius 3 is 2.50 bits per heavy atom. The normalized spacial score (nSPS) is 15.9. The van der Waals surface area contributed by atoms with Gasteiger partial charge in [0.1, 0.15) is 0 Å². The summed E-state index contributed by atoms with van der Waals surface area (Å²) >= 11 is 0. The maximum Gasteiger partial charge on any atom is 0.230 e. The third-order valence-corrected chi connectivity index (χ3v) is 2.65. The standard InChI is InChI=1S/C10H22N4O2/c1-5-8(9(11)13-16)10(15)12-6-7(2)14(3)4/h7-8,16H,5-6H2,1-4H3,(H2,11,13)(H,12,15). The van der Waals surface area contributed by atoms with Crippen LogP contribution in [-0.4, -0.2) is 48.5 Å². The minimum atomic E-state index is -0.556. The van der Waals surface area contributed by atoms with Crippen LogP contribution in [-0.2, 0) is 4.79 Å². The van der Waals surface area contributed by atoms with Gasteiger partial charge >= 0.3 is 0 Å². The minimum absolute atomic E-state index is 0.0440. The molecule has 1 amide bonds. The van der Waals surface area contributed by atoms with Crippen molar-refractivity contribution >= 4 is 11.7 Å². The highest BCUT2D eigenvalue weighted by Gasteiger charge is 2.21. The number of carbonyl (C=O) groups excluding carboxylic acids is 1. The highest BCUT2D eigenvalue weighted by molar-refractivity contribution is 6.01. The molecule has 0 aliphatic heterocycles. The molecule has 0 aromatic carbocycles. The maximum absolute atomic E-state index is 11.7. The number of likely N-dealkylation sites (N-methyl/N-ethyl adjacent to an activating group) is 1. The summed E-state index contributed by atoms with van der Waals surface area (Å²) in [6.07, 6.45) is 0.512. The molecule has 94 valence electrons. The number of rotatable bonds is 6. The van der Waals surface area contributed by atoms with Crippen LogP contribution in [0.4, 0.5) is 0 Å². The van der Waals surface area contributed by atoms with Gasteiger partial charge in [-0.05, 0) is 27.4 Å². The molecule has 0 aliphatic carbocycles. The van der Waals surface area contributed by atoms with Crippen molar-refractivity contribution in [1.29, 1.82) is 0 Å². The highest BCUT2D eigenvalue weighted by Crippen LogP contribution is 2.02. The van der Waals surface area contributed by atoms with E-state index >= 15 is 0 Å². The van der Waals surface area contributed by atoms with Gasteiger partial charge in [0.2, 0.25) is 5.91 Å². The number of hydrogen-bond acceptors (Lipinski definition) is 4. The van der Waals surface area contributed by atoms with E-state index < -0.39 is 5.92 Å². The molecule has 0 spiro atoms. The summed E-state index contributed by atoms with van der Waals surface area (Å²) in [5, 5.41) is 14.2. The van der Waals surface area contributed by atoms with Crippen molar-refractivity contribution in [2.75, 3.05) is 20.6 Å². The molecular weight excluding hydrogens is 208 g/mol. The van der Waals surface area contributed by atoms with Crippen LogP contribution in [0, 0.1) is 5.92 Å². The van der Waals surface area contributed by atoms with Crippen molar-refractivity contribution in [2.24, 2.45) is 16.8 Å². The number of carbonyl (C=O) groups is 1. The van der Waals surface area contributed by atoms with Gasteiger partial charge in [-0.1, -0.05) is 12.1 Å². The van der Waals surface area contributed by atoms with Gasteiger partial charge in [-0.3, -0.25) is 4.79 Å². The largest absolute Gasteiger partial charge is 0.409 e. The zero-order chi connectivity index (χ0) is 12.7. The molecule has 0 saturated carbocycles. The van der Waals surface area contributed by atoms with Crippen molar-refractivity contribution in [3.63, 3.8) is 0 Å². The highest BCUT2D eigenvalue weighted by atomic mass is 16.4. The Hall–Kier alpha value is -1.30. The molecule has 2 atom stereocenters. The van der Waals surface area contributed by atoms with Crippen molar-refractivity contribution in [3.8, 4) is 0 Å². The van der Waals surface area contributed by atoms with E-state index in [-0.39, 0.29) is 17.8 Å². The Morgan fingerprint density at radius 1 is 1.56 bits per heavy atom. The van der Waals surface area contributed by atoms with Gasteiger partial charge in [-0.15, -0.1) is 0 Å². The number of hydrogen-bond donors (Lipinski definition) is 3. The molecular formula is C10H22N4O2. The second-order valence-electron chi connectivity index (χ2n) is 4.04. The van der Waals surface area contributed by atoms with E-state index in [4.69, 9.17) is 10.9 Å². The van der Waals surface area contributed by atoms with Crippen LogP contribution in [0.3, 0.4) is 0 Å². The van der Waals surface area contributed by atoms with Gasteiger partial charge in [0, 0.05) is 12.6 Å². The molecule has 6 nitrogen and oxygen atoms in total. The molecule has 16 heavy (non-hydrogen) atoms. The summed E-state index contributed by atoms with van der Waals surface area (Å²) in [5.41, 5.74) is 5.42. The average Bonchev–Trinajstić information content (AvgIpc) is 2.26. The molecule has 0 aliphatic rings. The van der Waals surface area contributed by atoms with Gasteiger partial charge in [-0.2, -0.15) is 0 Å². The molecule has 0 aromatic rings. The minimum Gasteiger partial charge on any atom is -0.409 e. The van der Waals surface area contributed by atoms with Crippen LogP contribution in [0.2, 0.25) is 0 Å². The van der Waals surface area contributed by atoms with Crippen LogP contribution in [0.5, 0.6) is 0 Å². The quantitative estimate of drug-likeness (QED) is 0.256. The fraction of sp³-hybridized carbons (Fsp3) is 0.800. The van der Waals surface area contributed by atoms with Crippen LogP contribution < -0.4 is 11.1 Å². The number of oxime groups is 1. The van der Waals surface area contributed by atoms with Crippen LogP contribution in [0.1, 0.15) is 20.3 Å². The zero-order valence-corrected chi connectivity index (χ0v) is 10.4. The molecule has 0 saturated heterocycles. The van der Waals surface area contributed by atoms with Crippen molar-refractivity contribution in [3.05, 3.63) is 0 Å². The molecule has 6 heteroatoms. The van der Waals surface area contributed by atoms with Crippen LogP contribution >= 0.6 is 0 Å². The SMILES string of the molecule is CCC(C(=O)NCC(C)N(C)C)C(N)=NO. The first-order valence-electron chi connectivity index (χ1n) is 5.35. The number of amides is 1. The fourth-order valence-electron chi connectivity index (χ4n) is 1.15. The van der Waals surface area contributed by atoms with Gasteiger partial charge in [-0.25, -0.2) is 0 Å². The van der Waals surface area contributed by atoms with Gasteiger partial charge in [0.05, 0.1) is 5.92 Å². The Morgan fingerprint density at radius 2 is 2.12 bits per heavy atom. The molecule has 0 rings (SSSR count). The lowest BCUT2D eigenvalue weighted by Crippen LogP contribution is -2.43. The predicted molar refractivity (Wildman–Crippen MR) is 63.3 cm³/mol. The average molecular weight is 230 g/mol. The number of nitrogens with two attached hydrogens (primary N) is 1. The lowest BCUT2D eigenvalue weighted by molar-refractivity contribution is -0.123. The summed E-state index contributed by atoms with van der Waals surface area (Å²) in [7, 11) is 3.88. The molecule has 2 unspecified atom stereocenters. The van der Waals surface area contributed by atoms with Crippen LogP contribution in [0.25, 0.3) is 0 Å². The zero-order valence-electron chi connectivity index (χ0n) is 10.4. The summed E-state index contributed by atoms with van der Waals surface area (Å²) in [4.78, 5) is 13.7. The number of nitrogens with zero attached hydrogens (tertiary/aromatic N) is 2. The Kier molecular flexibility index (Phi) is 6.48. The monoisotopic (exact) mass is 230 g/mol. The smallest absolute Gasteiger partial charge is 0.230 e. The molecule has 0 radical (unpaired) electrons. The molecule has 0 bridgehead atoms. The topological polar surface area (TPSA) is 91.0 Å². The van der Waals surface area contributed by atoms with Crippen molar-refractivity contribution < 1.29 is 10.0 Å². The van der Waals surface area contributed by atoms with Crippen molar-refractivity contribution in [1.82, 2.24) is 10.2 Å². The van der Waals surface area contributed by atoms with E-state index in [0.29, 0.717) is 13.0 Å². The summed E-state index contributed by atoms with van der Waals surface area (Å²) < 4.78 is 0. The van der Waals surface area contributed by atoms with Crippen LogP contribution in [0.15, 0.2) is 5.16 Å². The second-order valence-corrected chi connectivity index (χ2v) is 4.04. The van der Waals surface area contributed by atoms with E-state index in [1.165, 1.54) is 0 Å². The maximum atomic E-state index is 11.7. The lowest BCUT2D eigenvalue weighted by atomic mass is 10.0. The Labute approximate surface area is 96.5 Å². The predicted octanol–water partition coefficient (Wildman–Crippen LogP) is -0.175. The number of nitrogens with one attached hydrogen (secondary N) is 1. The summed E-state index contributed by atoms with van der Waals surface area (Å²) in [6, 6.07) is 0.244. The molecule has 0 aromatic heterocycles. The third kappa shape index (κ3) is 4.48. The van der Waals surface area contributed by atoms with E-state index in [2.05, 4.69) is 10.5 Å². The van der Waals surface area contributed by atoms with Gasteiger partial charge in [0.25, 0.3) is 0 Å². The van der Waals surface area contributed by atoms with E-state index in [0.717, 1.165) is 0 Å². The first kappa shape index (κ1) is 14.7. The molecule has 0 heterocycles. The fourth-order valence-corrected chi connectivity index (χ4v) is 1.15. The lowest BCUT2D eigenvalue weighted by Gasteiger charge is -2.21. The summed E-state index contributed by atoms with van der Waals surface area (Å²) in [6.45, 7) is 4.36. The van der Waals surface area contributed by atoms with Gasteiger partial charge < -0.3 is 21.2 Å². The summed E-state index contributed by atoms with van der Waals surface area (Å²) in [5.74, 6) is -0.802. The van der Waals surface area contributed by atoms with Gasteiger partial charge in [0.15, 0.2) is 5.84 Å². The second kappa shape index (κ2) is 7.05. The first-order chi connectivity index (χ1) is 7.43. The Balaban J connectivity index is 4.23. The number of amidine groups is 1. The Bertz CT molecular complexity index is 253. The first-order valence-corrected chi connectivity index (χ1v) is 5.35. The van der Waals surface area contributed by atoms with E-state index in [9.17, 15) is 4.79 Å².